The van der Waals surface area contributed by atoms with Crippen molar-refractivity contribution in [3.63, 3.8) is 0 Å². The number of benzene rings is 2. The van der Waals surface area contributed by atoms with Crippen LogP contribution >= 0.6 is 11.3 Å². The number of alkyl halides is 3. The van der Waals surface area contributed by atoms with E-state index in [1.807, 2.05) is 6.07 Å². The second kappa shape index (κ2) is 10.6. The predicted octanol–water partition coefficient (Wildman–Crippen LogP) is 5.32. The topological polar surface area (TPSA) is 81.3 Å². The zero-order valence-electron chi connectivity index (χ0n) is 18.0. The molecule has 10 heteroatoms. The highest BCUT2D eigenvalue weighted by atomic mass is 32.1. The number of unbranched alkanes of at least 4 members (excludes halogenated alkanes) is 2. The summed E-state index contributed by atoms with van der Waals surface area (Å²) in [7, 11) is 0. The summed E-state index contributed by atoms with van der Waals surface area (Å²) in [6.07, 6.45) is -1.81. The normalized spacial score (nSPS) is 13.7. The Morgan fingerprint density at radius 3 is 2.55 bits per heavy atom. The van der Waals surface area contributed by atoms with Gasteiger partial charge in [0.25, 0.3) is 0 Å². The van der Waals surface area contributed by atoms with E-state index in [-0.39, 0.29) is 35.4 Å². The summed E-state index contributed by atoms with van der Waals surface area (Å²) in [4.78, 5) is 0. The quantitative estimate of drug-likeness (QED) is 0.301. The minimum absolute atomic E-state index is 0.135. The average molecular weight is 484 g/mol. The lowest BCUT2D eigenvalue weighted by Crippen LogP contribution is -2.36. The smallest absolute Gasteiger partial charge is 0.419 e. The van der Waals surface area contributed by atoms with Gasteiger partial charge in [-0.15, -0.1) is 10.2 Å². The second-order valence-corrected chi connectivity index (χ2v) is 8.96. The first-order valence-electron chi connectivity index (χ1n) is 10.4. The number of aliphatic hydroxyl groups is 1. The summed E-state index contributed by atoms with van der Waals surface area (Å²) < 4.78 is 59.6. The van der Waals surface area contributed by atoms with Crippen LogP contribution in [0.2, 0.25) is 0 Å². The van der Waals surface area contributed by atoms with Crippen molar-refractivity contribution in [3.05, 3.63) is 64.4 Å². The van der Waals surface area contributed by atoms with Crippen molar-refractivity contribution in [2.75, 3.05) is 13.2 Å². The minimum Gasteiger partial charge on any atom is -0.493 e. The van der Waals surface area contributed by atoms with E-state index in [2.05, 4.69) is 10.2 Å². The molecule has 0 aliphatic heterocycles. The molecular weight excluding hydrogens is 458 g/mol. The van der Waals surface area contributed by atoms with E-state index in [0.29, 0.717) is 17.8 Å². The van der Waals surface area contributed by atoms with Crippen molar-refractivity contribution in [2.45, 2.75) is 44.3 Å². The third kappa shape index (κ3) is 6.72. The predicted molar refractivity (Wildman–Crippen MR) is 118 cm³/mol. The van der Waals surface area contributed by atoms with Gasteiger partial charge in [0.15, 0.2) is 0 Å². The van der Waals surface area contributed by atoms with Crippen molar-refractivity contribution in [1.82, 2.24) is 10.2 Å². The van der Waals surface area contributed by atoms with Crippen molar-refractivity contribution >= 4 is 11.3 Å². The van der Waals surface area contributed by atoms with Crippen LogP contribution in [0.25, 0.3) is 10.6 Å². The first kappa shape index (κ1) is 25.1. The summed E-state index contributed by atoms with van der Waals surface area (Å²) in [6, 6.07) is 10.1. The van der Waals surface area contributed by atoms with E-state index in [1.54, 1.807) is 13.0 Å². The third-order valence-corrected chi connectivity index (χ3v) is 6.28. The zero-order valence-corrected chi connectivity index (χ0v) is 18.8. The number of hydrogen-bond donors (Lipinski definition) is 2. The number of nitrogens with zero attached hydrogens (tertiary/aromatic N) is 2. The summed E-state index contributed by atoms with van der Waals surface area (Å²) in [5.74, 6) is -0.533. The molecule has 0 saturated carbocycles. The van der Waals surface area contributed by atoms with Gasteiger partial charge in [0, 0.05) is 5.56 Å². The fraction of sp³-hybridized carbons (Fsp3) is 0.391. The number of halogens is 4. The van der Waals surface area contributed by atoms with Crippen LogP contribution in [0, 0.1) is 5.82 Å². The molecule has 0 spiro atoms. The van der Waals surface area contributed by atoms with E-state index in [9.17, 15) is 22.7 Å². The maximum absolute atomic E-state index is 13.6. The molecule has 0 fully saturated rings. The SMILES string of the molecule is C[C@](N)(CO)c1nnc(-c2ccc(OCCCCCc3cccc(F)c3)c(C(F)(F)F)c2)s1. The Kier molecular flexibility index (Phi) is 8.04. The first-order chi connectivity index (χ1) is 15.6. The van der Waals surface area contributed by atoms with Crippen LogP contribution in [0.4, 0.5) is 17.6 Å². The average Bonchev–Trinajstić information content (AvgIpc) is 3.27. The lowest BCUT2D eigenvalue weighted by Gasteiger charge is -2.17. The van der Waals surface area contributed by atoms with Crippen molar-refractivity contribution in [3.8, 4) is 16.3 Å². The molecule has 3 N–H and O–H groups in total. The summed E-state index contributed by atoms with van der Waals surface area (Å²) in [5.41, 5.74) is 5.03. The lowest BCUT2D eigenvalue weighted by atomic mass is 10.1. The van der Waals surface area contributed by atoms with E-state index < -0.39 is 17.3 Å². The maximum Gasteiger partial charge on any atom is 0.419 e. The van der Waals surface area contributed by atoms with E-state index >= 15 is 0 Å². The number of rotatable bonds is 10. The number of nitrogens with two attached hydrogens (primary N) is 1. The Hall–Kier alpha value is -2.56. The van der Waals surface area contributed by atoms with Gasteiger partial charge in [0.2, 0.25) is 0 Å². The highest BCUT2D eigenvalue weighted by Crippen LogP contribution is 2.39. The Bertz CT molecular complexity index is 1070. The molecule has 1 atom stereocenters. The number of aromatic nitrogens is 2. The molecule has 0 unspecified atom stereocenters. The van der Waals surface area contributed by atoms with Crippen LogP contribution in [0.1, 0.15) is 42.3 Å². The monoisotopic (exact) mass is 483 g/mol. The number of aliphatic hydroxyl groups excluding tert-OH is 1. The van der Waals surface area contributed by atoms with Gasteiger partial charge in [-0.05, 0) is 68.5 Å². The molecule has 33 heavy (non-hydrogen) atoms. The Labute approximate surface area is 193 Å². The highest BCUT2D eigenvalue weighted by Gasteiger charge is 2.35. The van der Waals surface area contributed by atoms with Crippen molar-refractivity contribution in [1.29, 1.82) is 0 Å². The van der Waals surface area contributed by atoms with Gasteiger partial charge in [-0.3, -0.25) is 0 Å². The molecular formula is C23H25F4N3O2S. The molecule has 178 valence electrons. The zero-order chi connectivity index (χ0) is 24.1. The molecule has 1 heterocycles. The highest BCUT2D eigenvalue weighted by molar-refractivity contribution is 7.14. The van der Waals surface area contributed by atoms with Crippen LogP contribution in [0.15, 0.2) is 42.5 Å². The fourth-order valence-electron chi connectivity index (χ4n) is 3.13. The van der Waals surface area contributed by atoms with E-state index in [0.717, 1.165) is 35.8 Å². The van der Waals surface area contributed by atoms with Crippen LogP contribution in [0.3, 0.4) is 0 Å². The number of ether oxygens (including phenoxy) is 1. The second-order valence-electron chi connectivity index (χ2n) is 7.99. The molecule has 0 bridgehead atoms. The van der Waals surface area contributed by atoms with E-state index in [4.69, 9.17) is 10.5 Å². The molecule has 3 rings (SSSR count). The standard InChI is InChI=1S/C23H25F4N3O2S/c1-22(28,14-31)21-30-29-20(33-21)16-9-10-19(18(13-16)23(25,26)27)32-11-4-2-3-6-15-7-5-8-17(24)12-15/h5,7-10,12-13,31H,2-4,6,11,14,28H2,1H3/t22-/m0/s1. The van der Waals surface area contributed by atoms with Gasteiger partial charge in [0.1, 0.15) is 21.6 Å². The van der Waals surface area contributed by atoms with Gasteiger partial charge in [0.05, 0.1) is 24.3 Å². The van der Waals surface area contributed by atoms with Gasteiger partial charge in [-0.25, -0.2) is 4.39 Å². The maximum atomic E-state index is 13.6. The Morgan fingerprint density at radius 1 is 1.06 bits per heavy atom. The molecule has 0 aliphatic carbocycles. The largest absolute Gasteiger partial charge is 0.493 e. The molecule has 0 radical (unpaired) electrons. The molecule has 5 nitrogen and oxygen atoms in total. The van der Waals surface area contributed by atoms with Crippen LogP contribution in [-0.4, -0.2) is 28.5 Å². The van der Waals surface area contributed by atoms with Crippen LogP contribution < -0.4 is 10.5 Å². The molecule has 0 aliphatic rings. The third-order valence-electron chi connectivity index (χ3n) is 5.03. The van der Waals surface area contributed by atoms with Gasteiger partial charge in [-0.1, -0.05) is 23.5 Å². The van der Waals surface area contributed by atoms with Crippen LogP contribution in [-0.2, 0) is 18.1 Å². The van der Waals surface area contributed by atoms with E-state index in [1.165, 1.54) is 24.3 Å². The van der Waals surface area contributed by atoms with Gasteiger partial charge < -0.3 is 15.6 Å². The fourth-order valence-corrected chi connectivity index (χ4v) is 4.02. The van der Waals surface area contributed by atoms with Crippen molar-refractivity contribution in [2.24, 2.45) is 5.73 Å². The number of aryl methyl sites for hydroxylation is 1. The molecule has 2 aromatic carbocycles. The molecule has 0 saturated heterocycles. The summed E-state index contributed by atoms with van der Waals surface area (Å²) in [6.45, 7) is 1.33. The number of hydrogen-bond acceptors (Lipinski definition) is 6. The van der Waals surface area contributed by atoms with Gasteiger partial charge in [-0.2, -0.15) is 13.2 Å². The molecule has 0 amide bonds. The summed E-state index contributed by atoms with van der Waals surface area (Å²) >= 11 is 1.03. The molecule has 1 aromatic heterocycles. The Balaban J connectivity index is 1.62. The molecule has 3 aromatic rings. The lowest BCUT2D eigenvalue weighted by molar-refractivity contribution is -0.138. The van der Waals surface area contributed by atoms with Gasteiger partial charge >= 0.3 is 6.18 Å². The van der Waals surface area contributed by atoms with Crippen LogP contribution in [0.5, 0.6) is 5.75 Å². The Morgan fingerprint density at radius 2 is 1.85 bits per heavy atom. The minimum atomic E-state index is -4.61. The van der Waals surface area contributed by atoms with Crippen molar-refractivity contribution < 1.29 is 27.4 Å². The summed E-state index contributed by atoms with van der Waals surface area (Å²) in [5, 5.41) is 17.8. The first-order valence-corrected chi connectivity index (χ1v) is 11.2.